The molecule has 0 aliphatic rings. The van der Waals surface area contributed by atoms with Gasteiger partial charge in [0, 0.05) is 10.6 Å². The average Bonchev–Trinajstić information content (AvgIpc) is 2.53. The first-order valence-electron chi connectivity index (χ1n) is 6.39. The smallest absolute Gasteiger partial charge is 0.269 e. The minimum absolute atomic E-state index is 0.0645. The maximum Gasteiger partial charge on any atom is 0.269 e. The van der Waals surface area contributed by atoms with Crippen LogP contribution in [0.5, 0.6) is 0 Å². The van der Waals surface area contributed by atoms with Crippen molar-refractivity contribution in [2.45, 2.75) is 0 Å². The Morgan fingerprint density at radius 1 is 0.913 bits per heavy atom. The zero-order valence-corrected chi connectivity index (χ0v) is 13.9. The number of benzene rings is 2. The number of hydrogen-bond acceptors (Lipinski definition) is 3. The second-order valence-corrected chi connectivity index (χ2v) is 5.60. The summed E-state index contributed by atoms with van der Waals surface area (Å²) in [5.74, 6) is -0.924. The molecule has 0 aliphatic heterocycles. The normalized spacial score (nSPS) is 9.83. The van der Waals surface area contributed by atoms with Crippen LogP contribution in [0.2, 0.25) is 10.0 Å². The van der Waals surface area contributed by atoms with Crippen LogP contribution in [0.1, 0.15) is 20.7 Å². The second kappa shape index (κ2) is 7.92. The van der Waals surface area contributed by atoms with E-state index in [1.807, 2.05) is 0 Å². The van der Waals surface area contributed by atoms with E-state index < -0.39 is 11.8 Å². The van der Waals surface area contributed by atoms with E-state index in [4.69, 9.17) is 35.4 Å². The maximum absolute atomic E-state index is 12.0. The van der Waals surface area contributed by atoms with Gasteiger partial charge in [0.2, 0.25) is 0 Å². The summed E-state index contributed by atoms with van der Waals surface area (Å²) in [5, 5.41) is 3.09. The minimum atomic E-state index is -0.481. The lowest BCUT2D eigenvalue weighted by Gasteiger charge is -2.11. The minimum Gasteiger partial charge on any atom is -0.298 e. The number of amides is 2. The van der Waals surface area contributed by atoms with E-state index in [9.17, 15) is 9.59 Å². The van der Waals surface area contributed by atoms with Gasteiger partial charge in [0.15, 0.2) is 5.11 Å². The molecule has 2 amide bonds. The van der Waals surface area contributed by atoms with Gasteiger partial charge in [-0.2, -0.15) is 0 Å². The molecule has 8 heteroatoms. The van der Waals surface area contributed by atoms with E-state index in [1.165, 1.54) is 6.07 Å². The van der Waals surface area contributed by atoms with Crippen molar-refractivity contribution in [3.8, 4) is 0 Å². The van der Waals surface area contributed by atoms with Gasteiger partial charge in [0.05, 0.1) is 10.6 Å². The van der Waals surface area contributed by atoms with E-state index in [-0.39, 0.29) is 10.7 Å². The Morgan fingerprint density at radius 2 is 1.65 bits per heavy atom. The zero-order valence-electron chi connectivity index (χ0n) is 11.6. The standard InChI is InChI=1S/C15H11Cl2N3O2S/c16-10-5-3-4-9(8-10)13(21)19-20-15(23)18-14(22)11-6-1-2-7-12(11)17/h1-8H,(H,19,21)(H2,18,20,22,23). The molecule has 0 heterocycles. The Morgan fingerprint density at radius 3 is 2.35 bits per heavy atom. The van der Waals surface area contributed by atoms with Crippen molar-refractivity contribution in [2.24, 2.45) is 0 Å². The molecule has 3 N–H and O–H groups in total. The molecule has 0 fully saturated rings. The number of hydrogen-bond donors (Lipinski definition) is 3. The third-order valence-corrected chi connectivity index (χ3v) is 3.49. The molecule has 0 radical (unpaired) electrons. The maximum atomic E-state index is 12.0. The van der Waals surface area contributed by atoms with Crippen LogP contribution in [0, 0.1) is 0 Å². The van der Waals surface area contributed by atoms with Crippen LogP contribution in [0.4, 0.5) is 0 Å². The van der Waals surface area contributed by atoms with Gasteiger partial charge in [-0.15, -0.1) is 0 Å². The predicted octanol–water partition coefficient (Wildman–Crippen LogP) is 2.94. The Kier molecular flexibility index (Phi) is 5.92. The summed E-state index contributed by atoms with van der Waals surface area (Å²) in [6, 6.07) is 12.9. The third-order valence-electron chi connectivity index (χ3n) is 2.72. The fourth-order valence-electron chi connectivity index (χ4n) is 1.66. The van der Waals surface area contributed by atoms with Crippen molar-refractivity contribution in [3.63, 3.8) is 0 Å². The van der Waals surface area contributed by atoms with Gasteiger partial charge in [-0.25, -0.2) is 0 Å². The van der Waals surface area contributed by atoms with Gasteiger partial charge in [-0.05, 0) is 42.5 Å². The summed E-state index contributed by atoms with van der Waals surface area (Å²) in [6.07, 6.45) is 0. The summed E-state index contributed by atoms with van der Waals surface area (Å²) in [5.41, 5.74) is 5.42. The predicted molar refractivity (Wildman–Crippen MR) is 93.6 cm³/mol. The average molecular weight is 368 g/mol. The molecule has 0 unspecified atom stereocenters. The van der Waals surface area contributed by atoms with Gasteiger partial charge in [-0.1, -0.05) is 41.4 Å². The third kappa shape index (κ3) is 4.92. The van der Waals surface area contributed by atoms with Crippen LogP contribution in [-0.2, 0) is 0 Å². The SMILES string of the molecule is O=C(NNC(=S)NC(=O)c1ccccc1Cl)c1cccc(Cl)c1. The monoisotopic (exact) mass is 367 g/mol. The Balaban J connectivity index is 1.89. The molecule has 23 heavy (non-hydrogen) atoms. The molecule has 0 spiro atoms. The van der Waals surface area contributed by atoms with E-state index in [0.29, 0.717) is 15.6 Å². The highest BCUT2D eigenvalue weighted by Gasteiger charge is 2.12. The number of nitrogens with one attached hydrogen (secondary N) is 3. The molecule has 0 bridgehead atoms. The lowest BCUT2D eigenvalue weighted by atomic mass is 10.2. The van der Waals surface area contributed by atoms with Crippen LogP contribution in [-0.4, -0.2) is 16.9 Å². The van der Waals surface area contributed by atoms with Crippen LogP contribution >= 0.6 is 35.4 Å². The molecule has 0 saturated heterocycles. The van der Waals surface area contributed by atoms with Crippen molar-refractivity contribution in [3.05, 3.63) is 69.7 Å². The molecule has 0 saturated carbocycles. The summed E-state index contributed by atoms with van der Waals surface area (Å²) in [6.45, 7) is 0. The lowest BCUT2D eigenvalue weighted by Crippen LogP contribution is -2.48. The molecular formula is C15H11Cl2N3O2S. The fraction of sp³-hybridized carbons (Fsp3) is 0. The van der Waals surface area contributed by atoms with E-state index in [2.05, 4.69) is 16.2 Å². The van der Waals surface area contributed by atoms with Crippen molar-refractivity contribution in [1.82, 2.24) is 16.2 Å². The number of halogens is 2. The van der Waals surface area contributed by atoms with Gasteiger partial charge >= 0.3 is 0 Å². The first kappa shape index (κ1) is 17.2. The summed E-state index contributed by atoms with van der Waals surface area (Å²) in [7, 11) is 0. The first-order chi connectivity index (χ1) is 11.0. The Hall–Kier alpha value is -2.15. The molecule has 0 aromatic heterocycles. The number of carbonyl (C=O) groups excluding carboxylic acids is 2. The van der Waals surface area contributed by atoms with E-state index in [0.717, 1.165) is 0 Å². The first-order valence-corrected chi connectivity index (χ1v) is 7.55. The molecule has 118 valence electrons. The second-order valence-electron chi connectivity index (χ2n) is 4.35. The van der Waals surface area contributed by atoms with Crippen LogP contribution in [0.25, 0.3) is 0 Å². The highest BCUT2D eigenvalue weighted by molar-refractivity contribution is 7.80. The largest absolute Gasteiger partial charge is 0.298 e. The zero-order chi connectivity index (χ0) is 16.8. The van der Waals surface area contributed by atoms with Crippen molar-refractivity contribution in [1.29, 1.82) is 0 Å². The molecule has 0 aliphatic carbocycles. The number of hydrazine groups is 1. The van der Waals surface area contributed by atoms with Crippen molar-refractivity contribution < 1.29 is 9.59 Å². The number of carbonyl (C=O) groups is 2. The summed E-state index contributed by atoms with van der Waals surface area (Å²) in [4.78, 5) is 23.9. The van der Waals surface area contributed by atoms with Crippen molar-refractivity contribution in [2.75, 3.05) is 0 Å². The van der Waals surface area contributed by atoms with Crippen molar-refractivity contribution >= 4 is 52.3 Å². The van der Waals surface area contributed by atoms with E-state index in [1.54, 1.807) is 42.5 Å². The number of rotatable bonds is 2. The Labute approximate surface area is 147 Å². The Bertz CT molecular complexity index is 768. The molecule has 0 atom stereocenters. The van der Waals surface area contributed by atoms with Crippen LogP contribution in [0.15, 0.2) is 48.5 Å². The molecular weight excluding hydrogens is 357 g/mol. The highest BCUT2D eigenvalue weighted by Crippen LogP contribution is 2.14. The lowest BCUT2D eigenvalue weighted by molar-refractivity contribution is 0.0934. The molecule has 5 nitrogen and oxygen atoms in total. The molecule has 2 aromatic rings. The van der Waals surface area contributed by atoms with E-state index >= 15 is 0 Å². The summed E-state index contributed by atoms with van der Waals surface area (Å²) >= 11 is 16.7. The van der Waals surface area contributed by atoms with Crippen LogP contribution in [0.3, 0.4) is 0 Å². The van der Waals surface area contributed by atoms with Crippen LogP contribution < -0.4 is 16.2 Å². The van der Waals surface area contributed by atoms with Gasteiger partial charge in [-0.3, -0.25) is 25.8 Å². The molecule has 2 aromatic carbocycles. The fourth-order valence-corrected chi connectivity index (χ4v) is 2.22. The highest BCUT2D eigenvalue weighted by atomic mass is 35.5. The quantitative estimate of drug-likeness (QED) is 0.563. The van der Waals surface area contributed by atoms with Gasteiger partial charge in [0.1, 0.15) is 0 Å². The molecule has 2 rings (SSSR count). The summed E-state index contributed by atoms with van der Waals surface area (Å²) < 4.78 is 0. The van der Waals surface area contributed by atoms with Gasteiger partial charge in [0.25, 0.3) is 11.8 Å². The van der Waals surface area contributed by atoms with Gasteiger partial charge < -0.3 is 0 Å². The topological polar surface area (TPSA) is 70.2 Å². The number of thiocarbonyl (C=S) groups is 1.